The molecule has 1 aliphatic rings. The van der Waals surface area contributed by atoms with Crippen LogP contribution in [0.4, 0.5) is 4.39 Å². The maximum atomic E-state index is 13.2. The van der Waals surface area contributed by atoms with Gasteiger partial charge >= 0.3 is 0 Å². The molecular formula is C12H16BrCl2FN2. The zero-order valence-corrected chi connectivity index (χ0v) is 13.0. The SMILES string of the molecule is Cl.FC[C@H](c1ccc(Cl)c(Br)c1)N1CCNCC1. The van der Waals surface area contributed by atoms with E-state index in [4.69, 9.17) is 11.6 Å². The van der Waals surface area contributed by atoms with Crippen LogP contribution < -0.4 is 5.32 Å². The van der Waals surface area contributed by atoms with Crippen LogP contribution >= 0.6 is 39.9 Å². The number of nitrogens with one attached hydrogen (secondary N) is 1. The molecule has 6 heteroatoms. The molecular weight excluding hydrogens is 342 g/mol. The lowest BCUT2D eigenvalue weighted by Gasteiger charge is -2.33. The number of benzene rings is 1. The Morgan fingerprint density at radius 3 is 2.61 bits per heavy atom. The molecule has 1 aromatic rings. The third-order valence-electron chi connectivity index (χ3n) is 3.07. The summed E-state index contributed by atoms with van der Waals surface area (Å²) in [5, 5.41) is 3.93. The number of halogens is 4. The summed E-state index contributed by atoms with van der Waals surface area (Å²) in [5.41, 5.74) is 0.977. The molecule has 1 aliphatic heterocycles. The Morgan fingerprint density at radius 1 is 1.39 bits per heavy atom. The molecule has 1 fully saturated rings. The summed E-state index contributed by atoms with van der Waals surface area (Å²) in [6, 6.07) is 5.46. The van der Waals surface area contributed by atoms with Crippen molar-refractivity contribution >= 4 is 39.9 Å². The first-order valence-electron chi connectivity index (χ1n) is 5.68. The first kappa shape index (κ1) is 16.2. The van der Waals surface area contributed by atoms with Crippen LogP contribution in [0.5, 0.6) is 0 Å². The Hall–Kier alpha value is 0.130. The fourth-order valence-corrected chi connectivity index (χ4v) is 2.62. The molecule has 1 saturated heterocycles. The van der Waals surface area contributed by atoms with Crippen molar-refractivity contribution in [1.29, 1.82) is 0 Å². The van der Waals surface area contributed by atoms with E-state index in [0.29, 0.717) is 5.02 Å². The Bertz CT molecular complexity index is 386. The summed E-state index contributed by atoms with van der Waals surface area (Å²) in [4.78, 5) is 2.17. The second kappa shape index (κ2) is 7.65. The van der Waals surface area contributed by atoms with E-state index in [9.17, 15) is 4.39 Å². The van der Waals surface area contributed by atoms with E-state index in [-0.39, 0.29) is 25.1 Å². The lowest BCUT2D eigenvalue weighted by molar-refractivity contribution is 0.147. The quantitative estimate of drug-likeness (QED) is 0.891. The zero-order valence-electron chi connectivity index (χ0n) is 9.83. The standard InChI is InChI=1S/C12H15BrClFN2.ClH/c13-10-7-9(1-2-11(10)14)12(8-15)17-5-3-16-4-6-17;/h1-2,7,12,16H,3-6,8H2;1H/t12-;/m1./s1. The van der Waals surface area contributed by atoms with Gasteiger partial charge in [-0.3, -0.25) is 4.90 Å². The fourth-order valence-electron chi connectivity index (χ4n) is 2.11. The number of rotatable bonds is 3. The zero-order chi connectivity index (χ0) is 12.3. The molecule has 0 radical (unpaired) electrons. The Balaban J connectivity index is 0.00000162. The second-order valence-corrected chi connectivity index (χ2v) is 5.39. The molecule has 0 bridgehead atoms. The average Bonchev–Trinajstić information content (AvgIpc) is 2.36. The van der Waals surface area contributed by atoms with E-state index in [1.165, 1.54) is 0 Å². The van der Waals surface area contributed by atoms with Gasteiger partial charge in [0, 0.05) is 30.7 Å². The third kappa shape index (κ3) is 3.81. The minimum absolute atomic E-state index is 0. The largest absolute Gasteiger partial charge is 0.314 e. The Morgan fingerprint density at radius 2 is 2.06 bits per heavy atom. The predicted molar refractivity (Wildman–Crippen MR) is 79.6 cm³/mol. The average molecular weight is 358 g/mol. The molecule has 1 N–H and O–H groups in total. The first-order chi connectivity index (χ1) is 8.22. The van der Waals surface area contributed by atoms with E-state index in [1.807, 2.05) is 18.2 Å². The van der Waals surface area contributed by atoms with Crippen LogP contribution in [0, 0.1) is 0 Å². The van der Waals surface area contributed by atoms with Crippen LogP contribution in [0.3, 0.4) is 0 Å². The van der Waals surface area contributed by atoms with Gasteiger partial charge in [0.15, 0.2) is 0 Å². The van der Waals surface area contributed by atoms with Gasteiger partial charge < -0.3 is 5.32 Å². The van der Waals surface area contributed by atoms with Crippen molar-refractivity contribution in [3.8, 4) is 0 Å². The van der Waals surface area contributed by atoms with E-state index >= 15 is 0 Å². The van der Waals surface area contributed by atoms with E-state index in [0.717, 1.165) is 36.2 Å². The molecule has 0 unspecified atom stereocenters. The highest BCUT2D eigenvalue weighted by atomic mass is 79.9. The molecule has 0 amide bonds. The van der Waals surface area contributed by atoms with Crippen LogP contribution in [0.15, 0.2) is 22.7 Å². The van der Waals surface area contributed by atoms with Crippen LogP contribution in [0.2, 0.25) is 5.02 Å². The van der Waals surface area contributed by atoms with Crippen LogP contribution in [-0.2, 0) is 0 Å². The van der Waals surface area contributed by atoms with Crippen molar-refractivity contribution in [1.82, 2.24) is 10.2 Å². The van der Waals surface area contributed by atoms with Crippen LogP contribution in [0.25, 0.3) is 0 Å². The summed E-state index contributed by atoms with van der Waals surface area (Å²) in [6.07, 6.45) is 0. The number of piperazine rings is 1. The second-order valence-electron chi connectivity index (χ2n) is 4.13. The van der Waals surface area contributed by atoms with Crippen LogP contribution in [-0.4, -0.2) is 37.8 Å². The summed E-state index contributed by atoms with van der Waals surface area (Å²) in [6.45, 7) is 3.24. The lowest BCUT2D eigenvalue weighted by atomic mass is 10.1. The van der Waals surface area contributed by atoms with Crippen molar-refractivity contribution in [2.45, 2.75) is 6.04 Å². The molecule has 0 saturated carbocycles. The molecule has 1 heterocycles. The lowest BCUT2D eigenvalue weighted by Crippen LogP contribution is -2.45. The number of alkyl halides is 1. The van der Waals surface area contributed by atoms with Gasteiger partial charge in [0.25, 0.3) is 0 Å². The van der Waals surface area contributed by atoms with Crippen molar-refractivity contribution in [3.05, 3.63) is 33.3 Å². The highest BCUT2D eigenvalue weighted by Gasteiger charge is 2.22. The minimum atomic E-state index is -0.367. The molecule has 0 aliphatic carbocycles. The molecule has 0 spiro atoms. The van der Waals surface area contributed by atoms with Gasteiger partial charge in [0.2, 0.25) is 0 Å². The molecule has 18 heavy (non-hydrogen) atoms. The van der Waals surface area contributed by atoms with Gasteiger partial charge in [-0.15, -0.1) is 12.4 Å². The normalized spacial score (nSPS) is 18.2. The molecule has 2 rings (SSSR count). The molecule has 102 valence electrons. The van der Waals surface area contributed by atoms with Gasteiger partial charge in [-0.25, -0.2) is 4.39 Å². The predicted octanol–water partition coefficient (Wildman–Crippen LogP) is 3.44. The van der Waals surface area contributed by atoms with Crippen molar-refractivity contribution in [2.75, 3.05) is 32.9 Å². The Labute approximate surface area is 126 Å². The summed E-state index contributed by atoms with van der Waals surface area (Å²) in [5.74, 6) is 0. The van der Waals surface area contributed by atoms with E-state index < -0.39 is 0 Å². The number of nitrogens with zero attached hydrogens (tertiary/aromatic N) is 1. The smallest absolute Gasteiger partial charge is 0.109 e. The van der Waals surface area contributed by atoms with E-state index in [1.54, 1.807) is 0 Å². The van der Waals surface area contributed by atoms with Crippen LogP contribution in [0.1, 0.15) is 11.6 Å². The monoisotopic (exact) mass is 356 g/mol. The first-order valence-corrected chi connectivity index (χ1v) is 6.85. The summed E-state index contributed by atoms with van der Waals surface area (Å²) in [7, 11) is 0. The van der Waals surface area contributed by atoms with Gasteiger partial charge in [0.1, 0.15) is 6.67 Å². The van der Waals surface area contributed by atoms with Gasteiger partial charge in [0.05, 0.1) is 11.1 Å². The number of hydrogen-bond acceptors (Lipinski definition) is 2. The minimum Gasteiger partial charge on any atom is -0.314 e. The van der Waals surface area contributed by atoms with Gasteiger partial charge in [-0.1, -0.05) is 17.7 Å². The van der Waals surface area contributed by atoms with E-state index in [2.05, 4.69) is 26.1 Å². The summed E-state index contributed by atoms with van der Waals surface area (Å²) < 4.78 is 14.1. The van der Waals surface area contributed by atoms with Crippen molar-refractivity contribution in [2.24, 2.45) is 0 Å². The fraction of sp³-hybridized carbons (Fsp3) is 0.500. The maximum absolute atomic E-state index is 13.2. The maximum Gasteiger partial charge on any atom is 0.109 e. The number of hydrogen-bond donors (Lipinski definition) is 1. The third-order valence-corrected chi connectivity index (χ3v) is 4.28. The molecule has 2 nitrogen and oxygen atoms in total. The highest BCUT2D eigenvalue weighted by molar-refractivity contribution is 9.10. The summed E-state index contributed by atoms with van der Waals surface area (Å²) >= 11 is 9.33. The Kier molecular flexibility index (Phi) is 6.88. The van der Waals surface area contributed by atoms with Gasteiger partial charge in [-0.05, 0) is 33.6 Å². The molecule has 1 aromatic carbocycles. The van der Waals surface area contributed by atoms with Crippen molar-refractivity contribution < 1.29 is 4.39 Å². The van der Waals surface area contributed by atoms with Gasteiger partial charge in [-0.2, -0.15) is 0 Å². The molecule has 0 aromatic heterocycles. The molecule has 1 atom stereocenters. The highest BCUT2D eigenvalue weighted by Crippen LogP contribution is 2.29. The van der Waals surface area contributed by atoms with Crippen molar-refractivity contribution in [3.63, 3.8) is 0 Å². The topological polar surface area (TPSA) is 15.3 Å².